The Morgan fingerprint density at radius 2 is 1.41 bits per heavy atom. The Hall–Kier alpha value is -4.38. The van der Waals surface area contributed by atoms with Gasteiger partial charge in [0.05, 0.1) is 10.5 Å². The van der Waals surface area contributed by atoms with Gasteiger partial charge in [-0.05, 0) is 62.4 Å². The zero-order valence-corrected chi connectivity index (χ0v) is 20.7. The average Bonchev–Trinajstić information content (AvgIpc) is 2.86. The molecule has 0 radical (unpaired) electrons. The van der Waals surface area contributed by atoms with Gasteiger partial charge in [-0.2, -0.15) is 13.8 Å². The minimum absolute atomic E-state index is 0.340. The number of nitrogens with one attached hydrogen (secondary N) is 3. The number of amides is 1. The zero-order valence-electron chi connectivity index (χ0n) is 19.9. The quantitative estimate of drug-likeness (QED) is 0.266. The van der Waals surface area contributed by atoms with Crippen LogP contribution < -0.4 is 16.0 Å². The van der Waals surface area contributed by atoms with E-state index >= 15 is 0 Å². The van der Waals surface area contributed by atoms with Crippen molar-refractivity contribution >= 4 is 44.6 Å². The summed E-state index contributed by atoms with van der Waals surface area (Å²) in [6.45, 7) is 3.85. The van der Waals surface area contributed by atoms with Gasteiger partial charge in [0.1, 0.15) is 5.82 Å². The molecule has 0 atom stereocenters. The van der Waals surface area contributed by atoms with Crippen LogP contribution in [-0.4, -0.2) is 30.1 Å². The van der Waals surface area contributed by atoms with Crippen LogP contribution in [0.3, 0.4) is 0 Å². The van der Waals surface area contributed by atoms with Gasteiger partial charge in [0.15, 0.2) is 0 Å². The number of nitrogens with zero attached hydrogens (tertiary/aromatic N) is 2. The van der Waals surface area contributed by atoms with E-state index in [1.54, 1.807) is 24.3 Å². The lowest BCUT2D eigenvalue weighted by atomic mass is 10.2. The van der Waals surface area contributed by atoms with Crippen molar-refractivity contribution in [1.82, 2.24) is 9.97 Å². The molecule has 1 aromatic heterocycles. The van der Waals surface area contributed by atoms with Gasteiger partial charge in [-0.25, -0.2) is 13.4 Å². The molecule has 190 valence electrons. The van der Waals surface area contributed by atoms with E-state index in [1.807, 2.05) is 44.2 Å². The standard InChI is InChI=1S/C26H23F2N5O3S/c1-16-7-9-18(10-8-16)30-23-15-17(2)29-26(33-23)32-20-13-11-19(12-14-20)31-24(34)21-5-3-4-6-22(21)37(35,36)25(27)28/h3-15,25H,1-2H3,(H,31,34)(H2,29,30,32,33). The van der Waals surface area contributed by atoms with E-state index in [9.17, 15) is 22.0 Å². The molecule has 11 heteroatoms. The maximum absolute atomic E-state index is 13.0. The highest BCUT2D eigenvalue weighted by Gasteiger charge is 2.30. The number of carbonyl (C=O) groups is 1. The van der Waals surface area contributed by atoms with E-state index in [0.29, 0.717) is 23.1 Å². The SMILES string of the molecule is Cc1ccc(Nc2cc(C)nc(Nc3ccc(NC(=O)c4ccccc4S(=O)(=O)C(F)F)cc3)n2)cc1. The second kappa shape index (κ2) is 10.7. The lowest BCUT2D eigenvalue weighted by Gasteiger charge is -2.12. The molecule has 0 unspecified atom stereocenters. The van der Waals surface area contributed by atoms with E-state index < -0.39 is 26.4 Å². The first-order valence-corrected chi connectivity index (χ1v) is 12.7. The Labute approximate surface area is 212 Å². The Bertz CT molecular complexity index is 1530. The van der Waals surface area contributed by atoms with Crippen molar-refractivity contribution in [2.75, 3.05) is 16.0 Å². The van der Waals surface area contributed by atoms with Crippen LogP contribution in [0.5, 0.6) is 0 Å². The molecule has 0 spiro atoms. The topological polar surface area (TPSA) is 113 Å². The molecular formula is C26H23F2N5O3S. The fourth-order valence-electron chi connectivity index (χ4n) is 3.44. The number of hydrogen-bond acceptors (Lipinski definition) is 7. The summed E-state index contributed by atoms with van der Waals surface area (Å²) in [6.07, 6.45) is 0. The van der Waals surface area contributed by atoms with Gasteiger partial charge in [0, 0.05) is 28.8 Å². The first-order valence-electron chi connectivity index (χ1n) is 11.1. The monoisotopic (exact) mass is 523 g/mol. The number of rotatable bonds is 8. The predicted octanol–water partition coefficient (Wildman–Crippen LogP) is 5.83. The van der Waals surface area contributed by atoms with Crippen molar-refractivity contribution in [2.24, 2.45) is 0 Å². The largest absolute Gasteiger partial charge is 0.341 e. The Morgan fingerprint density at radius 3 is 2.08 bits per heavy atom. The number of carbonyl (C=O) groups excluding carboxylic acids is 1. The van der Waals surface area contributed by atoms with E-state index in [4.69, 9.17) is 0 Å². The third-order valence-corrected chi connectivity index (χ3v) is 6.69. The second-order valence-corrected chi connectivity index (χ2v) is 10.1. The molecule has 0 saturated heterocycles. The Balaban J connectivity index is 1.47. The van der Waals surface area contributed by atoms with Gasteiger partial charge in [-0.1, -0.05) is 29.8 Å². The Morgan fingerprint density at radius 1 is 0.811 bits per heavy atom. The number of halogens is 2. The average molecular weight is 524 g/mol. The fraction of sp³-hybridized carbons (Fsp3) is 0.115. The summed E-state index contributed by atoms with van der Waals surface area (Å²) in [5.74, 6) is -3.49. The maximum atomic E-state index is 13.0. The Kier molecular flexibility index (Phi) is 7.44. The van der Waals surface area contributed by atoms with Gasteiger partial charge in [-0.15, -0.1) is 0 Å². The summed E-state index contributed by atoms with van der Waals surface area (Å²) in [6, 6.07) is 21.0. The van der Waals surface area contributed by atoms with Gasteiger partial charge in [0.2, 0.25) is 15.8 Å². The molecule has 0 fully saturated rings. The lowest BCUT2D eigenvalue weighted by Crippen LogP contribution is -2.19. The van der Waals surface area contributed by atoms with Gasteiger partial charge in [-0.3, -0.25) is 4.79 Å². The minimum Gasteiger partial charge on any atom is -0.340 e. The van der Waals surface area contributed by atoms with Crippen LogP contribution in [0.2, 0.25) is 0 Å². The molecule has 37 heavy (non-hydrogen) atoms. The summed E-state index contributed by atoms with van der Waals surface area (Å²) >= 11 is 0. The van der Waals surface area contributed by atoms with Gasteiger partial charge in [0.25, 0.3) is 5.91 Å². The highest BCUT2D eigenvalue weighted by Crippen LogP contribution is 2.24. The van der Waals surface area contributed by atoms with Crippen LogP contribution in [0, 0.1) is 13.8 Å². The summed E-state index contributed by atoms with van der Waals surface area (Å²) < 4.78 is 49.9. The third-order valence-electron chi connectivity index (χ3n) is 5.25. The smallest absolute Gasteiger partial charge is 0.340 e. The highest BCUT2D eigenvalue weighted by molar-refractivity contribution is 7.91. The van der Waals surface area contributed by atoms with E-state index in [-0.39, 0.29) is 5.56 Å². The molecule has 0 aliphatic rings. The molecule has 4 rings (SSSR count). The number of hydrogen-bond donors (Lipinski definition) is 3. The number of anilines is 5. The van der Waals surface area contributed by atoms with Crippen LogP contribution in [0.25, 0.3) is 0 Å². The molecule has 0 bridgehead atoms. The van der Waals surface area contributed by atoms with Crippen LogP contribution in [0.15, 0.2) is 83.8 Å². The third kappa shape index (κ3) is 6.25. The fourth-order valence-corrected chi connectivity index (χ4v) is 4.36. The lowest BCUT2D eigenvalue weighted by molar-refractivity contribution is 0.102. The van der Waals surface area contributed by atoms with Crippen molar-refractivity contribution < 1.29 is 22.0 Å². The van der Waals surface area contributed by atoms with E-state index in [2.05, 4.69) is 25.9 Å². The second-order valence-electron chi connectivity index (χ2n) is 8.17. The molecule has 0 aliphatic heterocycles. The summed E-state index contributed by atoms with van der Waals surface area (Å²) in [5, 5.41) is 8.87. The number of alkyl halides is 2. The van der Waals surface area contributed by atoms with E-state index in [1.165, 1.54) is 18.2 Å². The summed E-state index contributed by atoms with van der Waals surface area (Å²) in [7, 11) is -4.94. The van der Waals surface area contributed by atoms with Crippen molar-refractivity contribution in [2.45, 2.75) is 24.5 Å². The molecule has 8 nitrogen and oxygen atoms in total. The predicted molar refractivity (Wildman–Crippen MR) is 139 cm³/mol. The summed E-state index contributed by atoms with van der Waals surface area (Å²) in [5.41, 5.74) is 3.38. The summed E-state index contributed by atoms with van der Waals surface area (Å²) in [4.78, 5) is 20.8. The maximum Gasteiger partial charge on any atom is 0.341 e. The van der Waals surface area contributed by atoms with Crippen LogP contribution in [0.1, 0.15) is 21.6 Å². The first-order chi connectivity index (χ1) is 17.6. The van der Waals surface area contributed by atoms with Gasteiger partial charge >= 0.3 is 5.76 Å². The van der Waals surface area contributed by atoms with Gasteiger partial charge < -0.3 is 16.0 Å². The molecule has 0 aliphatic carbocycles. The normalized spacial score (nSPS) is 11.3. The zero-order chi connectivity index (χ0) is 26.6. The van der Waals surface area contributed by atoms with E-state index in [0.717, 1.165) is 23.0 Å². The molecule has 1 amide bonds. The number of benzene rings is 3. The molecule has 3 N–H and O–H groups in total. The number of sulfone groups is 1. The molecule has 0 saturated carbocycles. The molecule has 4 aromatic rings. The number of aromatic nitrogens is 2. The van der Waals surface area contributed by atoms with Crippen molar-refractivity contribution in [3.8, 4) is 0 Å². The van der Waals surface area contributed by atoms with Crippen LogP contribution in [-0.2, 0) is 9.84 Å². The highest BCUT2D eigenvalue weighted by atomic mass is 32.2. The first kappa shape index (κ1) is 25.7. The molecule has 1 heterocycles. The van der Waals surface area contributed by atoms with Crippen LogP contribution in [0.4, 0.5) is 37.6 Å². The molecule has 3 aromatic carbocycles. The minimum atomic E-state index is -4.94. The number of aryl methyl sites for hydroxylation is 2. The van der Waals surface area contributed by atoms with Crippen molar-refractivity contribution in [3.05, 3.63) is 95.7 Å². The van der Waals surface area contributed by atoms with Crippen molar-refractivity contribution in [1.29, 1.82) is 0 Å². The van der Waals surface area contributed by atoms with Crippen LogP contribution >= 0.6 is 0 Å². The van der Waals surface area contributed by atoms with Crippen molar-refractivity contribution in [3.63, 3.8) is 0 Å². The molecular weight excluding hydrogens is 500 g/mol.